The summed E-state index contributed by atoms with van der Waals surface area (Å²) in [6, 6.07) is 17.7. The summed E-state index contributed by atoms with van der Waals surface area (Å²) in [5.74, 6) is 0.440. The number of hydrogen-bond donors (Lipinski definition) is 2. The topological polar surface area (TPSA) is 102 Å². The number of pyridine rings is 1. The Morgan fingerprint density at radius 1 is 1.03 bits per heavy atom. The third kappa shape index (κ3) is 4.63. The van der Waals surface area contributed by atoms with Gasteiger partial charge in [0.1, 0.15) is 11.4 Å². The van der Waals surface area contributed by atoms with E-state index in [4.69, 9.17) is 4.74 Å². The smallest absolute Gasteiger partial charge is 0.229 e. The number of anilines is 1. The third-order valence-electron chi connectivity index (χ3n) is 5.95. The zero-order chi connectivity index (χ0) is 24.6. The number of aromatic nitrogens is 4. The molecule has 8 nitrogen and oxygen atoms in total. The molecule has 0 spiro atoms. The van der Waals surface area contributed by atoms with Crippen LogP contribution in [-0.2, 0) is 10.0 Å². The van der Waals surface area contributed by atoms with Gasteiger partial charge in [0.15, 0.2) is 0 Å². The van der Waals surface area contributed by atoms with Crippen molar-refractivity contribution in [3.05, 3.63) is 84.9 Å². The molecule has 0 amide bonds. The van der Waals surface area contributed by atoms with Crippen molar-refractivity contribution in [2.75, 3.05) is 18.1 Å². The van der Waals surface area contributed by atoms with Crippen molar-refractivity contribution >= 4 is 26.7 Å². The molecule has 35 heavy (non-hydrogen) atoms. The first-order valence-electron chi connectivity index (χ1n) is 11.0. The molecule has 5 aromatic rings. The Morgan fingerprint density at radius 2 is 1.83 bits per heavy atom. The monoisotopic (exact) mass is 487 g/mol. The second kappa shape index (κ2) is 8.92. The van der Waals surface area contributed by atoms with Gasteiger partial charge in [0.2, 0.25) is 10.0 Å². The lowest BCUT2D eigenvalue weighted by atomic mass is 10.0. The maximum Gasteiger partial charge on any atom is 0.229 e. The largest absolute Gasteiger partial charge is 0.495 e. The summed E-state index contributed by atoms with van der Waals surface area (Å²) in [6.45, 7) is 2.12. The molecule has 2 N–H and O–H groups in total. The van der Waals surface area contributed by atoms with Gasteiger partial charge in [-0.25, -0.2) is 13.4 Å². The standard InChI is InChI=1S/C26H25N5O3S/c1-17(18-7-5-4-6-8-18)31-16-21(14-29-31)23-15-28-26-22(23)11-20(13-27-26)19-9-10-25(34-2)24(12-19)30-35(3,32)33/h4-17,30H,1-3H3,(H,27,28). The Kier molecular flexibility index (Phi) is 5.78. The molecule has 0 fully saturated rings. The average molecular weight is 488 g/mol. The van der Waals surface area contributed by atoms with Crippen LogP contribution in [0, 0.1) is 0 Å². The van der Waals surface area contributed by atoms with Crippen LogP contribution in [0.2, 0.25) is 0 Å². The molecule has 0 saturated carbocycles. The summed E-state index contributed by atoms with van der Waals surface area (Å²) < 4.78 is 33.4. The van der Waals surface area contributed by atoms with Crippen LogP contribution in [0.5, 0.6) is 5.75 Å². The highest BCUT2D eigenvalue weighted by Gasteiger charge is 2.15. The van der Waals surface area contributed by atoms with E-state index in [1.807, 2.05) is 53.6 Å². The number of methoxy groups -OCH3 is 1. The number of H-pyrrole nitrogens is 1. The number of benzene rings is 2. The maximum absolute atomic E-state index is 11.8. The minimum Gasteiger partial charge on any atom is -0.495 e. The predicted molar refractivity (Wildman–Crippen MR) is 138 cm³/mol. The van der Waals surface area contributed by atoms with E-state index in [-0.39, 0.29) is 6.04 Å². The minimum atomic E-state index is -3.46. The normalized spacial score (nSPS) is 12.5. The van der Waals surface area contributed by atoms with Crippen molar-refractivity contribution in [3.8, 4) is 28.0 Å². The molecule has 0 radical (unpaired) electrons. The average Bonchev–Trinajstić information content (AvgIpc) is 3.50. The van der Waals surface area contributed by atoms with Crippen LogP contribution in [0.15, 0.2) is 79.4 Å². The fourth-order valence-electron chi connectivity index (χ4n) is 4.14. The number of fused-ring (bicyclic) bond motifs is 1. The lowest BCUT2D eigenvalue weighted by Crippen LogP contribution is -2.10. The Morgan fingerprint density at radius 3 is 2.57 bits per heavy atom. The van der Waals surface area contributed by atoms with E-state index >= 15 is 0 Å². The Labute approximate surface area is 203 Å². The quantitative estimate of drug-likeness (QED) is 0.333. The molecule has 3 aromatic heterocycles. The van der Waals surface area contributed by atoms with E-state index < -0.39 is 10.0 Å². The highest BCUT2D eigenvalue weighted by atomic mass is 32.2. The second-order valence-electron chi connectivity index (χ2n) is 8.41. The highest BCUT2D eigenvalue weighted by Crippen LogP contribution is 2.34. The van der Waals surface area contributed by atoms with E-state index in [0.29, 0.717) is 11.4 Å². The fourth-order valence-corrected chi connectivity index (χ4v) is 4.70. The summed E-state index contributed by atoms with van der Waals surface area (Å²) in [4.78, 5) is 7.82. The van der Waals surface area contributed by atoms with E-state index in [1.165, 1.54) is 12.7 Å². The molecular weight excluding hydrogens is 462 g/mol. The Hall–Kier alpha value is -4.11. The number of nitrogens with zero attached hydrogens (tertiary/aromatic N) is 3. The summed E-state index contributed by atoms with van der Waals surface area (Å²) in [6.07, 6.45) is 8.69. The van der Waals surface area contributed by atoms with Crippen LogP contribution >= 0.6 is 0 Å². The summed E-state index contributed by atoms with van der Waals surface area (Å²) in [5.41, 5.74) is 5.95. The molecule has 0 aliphatic heterocycles. The highest BCUT2D eigenvalue weighted by molar-refractivity contribution is 7.92. The number of sulfonamides is 1. The van der Waals surface area contributed by atoms with E-state index in [0.717, 1.165) is 39.5 Å². The predicted octanol–water partition coefficient (Wildman–Crippen LogP) is 5.08. The van der Waals surface area contributed by atoms with Crippen molar-refractivity contribution in [1.82, 2.24) is 19.7 Å². The second-order valence-corrected chi connectivity index (χ2v) is 10.2. The van der Waals surface area contributed by atoms with Gasteiger partial charge in [-0.2, -0.15) is 5.10 Å². The Balaban J connectivity index is 1.52. The van der Waals surface area contributed by atoms with E-state index in [9.17, 15) is 8.42 Å². The van der Waals surface area contributed by atoms with Crippen LogP contribution < -0.4 is 9.46 Å². The maximum atomic E-state index is 11.8. The van der Waals surface area contributed by atoms with Gasteiger partial charge in [-0.1, -0.05) is 36.4 Å². The molecule has 2 aromatic carbocycles. The molecule has 3 heterocycles. The van der Waals surface area contributed by atoms with Gasteiger partial charge in [0.05, 0.1) is 31.3 Å². The first kappa shape index (κ1) is 22.7. The van der Waals surface area contributed by atoms with Crippen LogP contribution in [0.1, 0.15) is 18.5 Å². The molecule has 178 valence electrons. The molecular formula is C26H25N5O3S. The van der Waals surface area contributed by atoms with Crippen LogP contribution in [0.4, 0.5) is 5.69 Å². The SMILES string of the molecule is COc1ccc(-c2cnc3[nH]cc(-c4cnn(C(C)c5ccccc5)c4)c3c2)cc1NS(C)(=O)=O. The molecule has 5 rings (SSSR count). The molecule has 9 heteroatoms. The first-order valence-corrected chi connectivity index (χ1v) is 12.9. The minimum absolute atomic E-state index is 0.101. The van der Waals surface area contributed by atoms with Gasteiger partial charge in [0, 0.05) is 40.7 Å². The lowest BCUT2D eigenvalue weighted by molar-refractivity contribution is 0.417. The van der Waals surface area contributed by atoms with Crippen molar-refractivity contribution < 1.29 is 13.2 Å². The molecule has 0 aliphatic carbocycles. The van der Waals surface area contributed by atoms with E-state index in [2.05, 4.69) is 38.8 Å². The van der Waals surface area contributed by atoms with Crippen LogP contribution in [0.25, 0.3) is 33.3 Å². The molecule has 0 saturated heterocycles. The van der Waals surface area contributed by atoms with E-state index in [1.54, 1.807) is 18.3 Å². The summed E-state index contributed by atoms with van der Waals surface area (Å²) in [7, 11) is -1.96. The molecule has 0 aliphatic rings. The number of ether oxygens (including phenoxy) is 1. The van der Waals surface area contributed by atoms with Crippen molar-refractivity contribution in [1.29, 1.82) is 0 Å². The van der Waals surface area contributed by atoms with Crippen molar-refractivity contribution in [3.63, 3.8) is 0 Å². The number of hydrogen-bond acceptors (Lipinski definition) is 5. The first-order chi connectivity index (χ1) is 16.8. The van der Waals surface area contributed by atoms with Gasteiger partial charge in [-0.3, -0.25) is 9.40 Å². The van der Waals surface area contributed by atoms with Gasteiger partial charge in [-0.05, 0) is 36.2 Å². The van der Waals surface area contributed by atoms with Gasteiger partial charge in [-0.15, -0.1) is 0 Å². The van der Waals surface area contributed by atoms with Gasteiger partial charge >= 0.3 is 0 Å². The zero-order valence-electron chi connectivity index (χ0n) is 19.6. The number of aromatic amines is 1. The van der Waals surface area contributed by atoms with Gasteiger partial charge in [0.25, 0.3) is 0 Å². The fraction of sp³-hybridized carbons (Fsp3) is 0.154. The summed E-state index contributed by atoms with van der Waals surface area (Å²) >= 11 is 0. The van der Waals surface area contributed by atoms with Gasteiger partial charge < -0.3 is 9.72 Å². The molecule has 0 bridgehead atoms. The van der Waals surface area contributed by atoms with Crippen LogP contribution in [-0.4, -0.2) is 41.5 Å². The zero-order valence-corrected chi connectivity index (χ0v) is 20.4. The third-order valence-corrected chi connectivity index (χ3v) is 6.54. The van der Waals surface area contributed by atoms with Crippen molar-refractivity contribution in [2.24, 2.45) is 0 Å². The summed E-state index contributed by atoms with van der Waals surface area (Å²) in [5, 5.41) is 5.55. The number of nitrogens with one attached hydrogen (secondary N) is 2. The van der Waals surface area contributed by atoms with Crippen LogP contribution in [0.3, 0.4) is 0 Å². The Bertz CT molecular complexity index is 1610. The van der Waals surface area contributed by atoms with Crippen molar-refractivity contribution in [2.45, 2.75) is 13.0 Å². The number of rotatable bonds is 7. The molecule has 1 unspecified atom stereocenters. The molecule has 1 atom stereocenters. The lowest BCUT2D eigenvalue weighted by Gasteiger charge is -2.12.